The molecule has 0 aliphatic carbocycles. The Morgan fingerprint density at radius 3 is 2.61 bits per heavy atom. The lowest BCUT2D eigenvalue weighted by molar-refractivity contribution is 0.525. The van der Waals surface area contributed by atoms with Gasteiger partial charge in [0.2, 0.25) is 0 Å². The predicted octanol–water partition coefficient (Wildman–Crippen LogP) is 3.02. The third kappa shape index (κ3) is 2.23. The number of hydrogen-bond acceptors (Lipinski definition) is 3. The lowest BCUT2D eigenvalue weighted by Crippen LogP contribution is -2.18. The molecule has 0 aromatic carbocycles. The second kappa shape index (κ2) is 4.80. The fraction of sp³-hybridized carbons (Fsp3) is 0.429. The fourth-order valence-corrected chi connectivity index (χ4v) is 2.09. The Morgan fingerprint density at radius 1 is 1.39 bits per heavy atom. The topological polar surface area (TPSA) is 58.9 Å². The Morgan fingerprint density at radius 2 is 2.11 bits per heavy atom. The van der Waals surface area contributed by atoms with Gasteiger partial charge in [-0.2, -0.15) is 0 Å². The van der Waals surface area contributed by atoms with E-state index in [1.54, 1.807) is 0 Å². The fourth-order valence-electron chi connectivity index (χ4n) is 2.09. The molecule has 1 N–H and O–H groups in total. The van der Waals surface area contributed by atoms with Crippen molar-refractivity contribution in [1.82, 2.24) is 9.97 Å². The van der Waals surface area contributed by atoms with E-state index >= 15 is 0 Å². The number of nitrogens with one attached hydrogen (secondary N) is 1. The molecule has 0 bridgehead atoms. The largest absolute Gasteiger partial charge is 0.458 e. The predicted molar refractivity (Wildman–Crippen MR) is 70.8 cm³/mol. The second-order valence-electron chi connectivity index (χ2n) is 4.69. The van der Waals surface area contributed by atoms with Gasteiger partial charge >= 0.3 is 0 Å². The first-order chi connectivity index (χ1) is 8.52. The van der Waals surface area contributed by atoms with Crippen LogP contribution in [0.15, 0.2) is 21.3 Å². The molecule has 0 aliphatic rings. The van der Waals surface area contributed by atoms with Crippen LogP contribution in [0, 0.1) is 6.92 Å². The van der Waals surface area contributed by atoms with Crippen LogP contribution in [0.3, 0.4) is 0 Å². The highest BCUT2D eigenvalue weighted by Gasteiger charge is 2.14. The maximum absolute atomic E-state index is 12.0. The Labute approximate surface area is 106 Å². The molecule has 0 aliphatic heterocycles. The summed E-state index contributed by atoms with van der Waals surface area (Å²) >= 11 is 0. The molecule has 0 atom stereocenters. The Bertz CT molecular complexity index is 608. The number of hydrogen-bond donors (Lipinski definition) is 1. The molecule has 0 saturated carbocycles. The highest BCUT2D eigenvalue weighted by molar-refractivity contribution is 5.47. The number of furan rings is 1. The van der Waals surface area contributed by atoms with Gasteiger partial charge in [0.1, 0.15) is 5.76 Å². The van der Waals surface area contributed by atoms with E-state index in [1.165, 1.54) is 0 Å². The first kappa shape index (κ1) is 12.6. The van der Waals surface area contributed by atoms with Gasteiger partial charge in [-0.05, 0) is 25.0 Å². The molecule has 96 valence electrons. The van der Waals surface area contributed by atoms with Crippen LogP contribution in [0.5, 0.6) is 0 Å². The van der Waals surface area contributed by atoms with Crippen LogP contribution in [-0.4, -0.2) is 9.97 Å². The van der Waals surface area contributed by atoms with E-state index in [1.807, 2.05) is 39.8 Å². The van der Waals surface area contributed by atoms with Crippen LogP contribution in [0.25, 0.3) is 11.6 Å². The zero-order chi connectivity index (χ0) is 13.3. The molecule has 2 aromatic heterocycles. The monoisotopic (exact) mass is 246 g/mol. The van der Waals surface area contributed by atoms with Crippen molar-refractivity contribution in [2.75, 3.05) is 0 Å². The van der Waals surface area contributed by atoms with Crippen molar-refractivity contribution < 1.29 is 4.42 Å². The summed E-state index contributed by atoms with van der Waals surface area (Å²) in [5.74, 6) is 2.17. The summed E-state index contributed by atoms with van der Waals surface area (Å²) in [6.45, 7) is 7.85. The Balaban J connectivity index is 2.51. The van der Waals surface area contributed by atoms with Crippen LogP contribution >= 0.6 is 0 Å². The third-order valence-corrected chi connectivity index (χ3v) is 2.97. The summed E-state index contributed by atoms with van der Waals surface area (Å²) in [5, 5.41) is 0. The maximum atomic E-state index is 12.0. The smallest absolute Gasteiger partial charge is 0.254 e. The van der Waals surface area contributed by atoms with E-state index in [0.717, 1.165) is 23.4 Å². The lowest BCUT2D eigenvalue weighted by atomic mass is 10.0. The normalized spacial score (nSPS) is 11.2. The quantitative estimate of drug-likeness (QED) is 0.905. The summed E-state index contributed by atoms with van der Waals surface area (Å²) in [6, 6.07) is 3.74. The Hall–Kier alpha value is -1.84. The van der Waals surface area contributed by atoms with E-state index < -0.39 is 0 Å². The molecule has 4 heteroatoms. The van der Waals surface area contributed by atoms with Gasteiger partial charge in [-0.1, -0.05) is 20.8 Å². The molecule has 0 amide bonds. The number of aromatic amines is 1. The van der Waals surface area contributed by atoms with E-state index in [0.29, 0.717) is 11.6 Å². The zero-order valence-corrected chi connectivity index (χ0v) is 11.2. The number of H-pyrrole nitrogens is 1. The molecular formula is C14H18N2O2. The molecular weight excluding hydrogens is 228 g/mol. The minimum Gasteiger partial charge on any atom is -0.458 e. The number of rotatable bonds is 3. The van der Waals surface area contributed by atoms with Gasteiger partial charge in [0, 0.05) is 17.7 Å². The van der Waals surface area contributed by atoms with Crippen LogP contribution in [-0.2, 0) is 6.42 Å². The standard InChI is InChI=1S/C14H18N2O2/c1-5-10-6-7-11(18-10)13-15-9(4)12(8(2)3)14(17)16-13/h6-8H,5H2,1-4H3,(H,15,16,17). The molecule has 2 heterocycles. The van der Waals surface area contributed by atoms with Crippen molar-refractivity contribution in [3.8, 4) is 11.6 Å². The van der Waals surface area contributed by atoms with Crippen molar-refractivity contribution in [1.29, 1.82) is 0 Å². The van der Waals surface area contributed by atoms with Crippen molar-refractivity contribution in [3.05, 3.63) is 39.5 Å². The van der Waals surface area contributed by atoms with Crippen molar-refractivity contribution >= 4 is 0 Å². The van der Waals surface area contributed by atoms with Crippen LogP contribution in [0.4, 0.5) is 0 Å². The minimum atomic E-state index is -0.0815. The van der Waals surface area contributed by atoms with Gasteiger partial charge in [0.25, 0.3) is 5.56 Å². The number of aromatic nitrogens is 2. The second-order valence-corrected chi connectivity index (χ2v) is 4.69. The first-order valence-electron chi connectivity index (χ1n) is 6.22. The van der Waals surface area contributed by atoms with Crippen LogP contribution < -0.4 is 5.56 Å². The molecule has 4 nitrogen and oxygen atoms in total. The minimum absolute atomic E-state index is 0.0815. The van der Waals surface area contributed by atoms with E-state index in [9.17, 15) is 4.79 Å². The van der Waals surface area contributed by atoms with Gasteiger partial charge in [0.15, 0.2) is 11.6 Å². The molecule has 0 fully saturated rings. The zero-order valence-electron chi connectivity index (χ0n) is 11.2. The van der Waals surface area contributed by atoms with Gasteiger partial charge < -0.3 is 9.40 Å². The highest BCUT2D eigenvalue weighted by atomic mass is 16.3. The number of nitrogens with zero attached hydrogens (tertiary/aromatic N) is 1. The molecule has 0 radical (unpaired) electrons. The average Bonchev–Trinajstić information content (AvgIpc) is 2.75. The average molecular weight is 246 g/mol. The highest BCUT2D eigenvalue weighted by Crippen LogP contribution is 2.20. The van der Waals surface area contributed by atoms with Gasteiger partial charge in [-0.25, -0.2) is 4.98 Å². The van der Waals surface area contributed by atoms with E-state index in [2.05, 4.69) is 9.97 Å². The van der Waals surface area contributed by atoms with Crippen molar-refractivity contribution in [2.24, 2.45) is 0 Å². The molecule has 0 saturated heterocycles. The Kier molecular flexibility index (Phi) is 3.36. The third-order valence-electron chi connectivity index (χ3n) is 2.97. The van der Waals surface area contributed by atoms with Gasteiger partial charge in [0.05, 0.1) is 0 Å². The van der Waals surface area contributed by atoms with Crippen molar-refractivity contribution in [3.63, 3.8) is 0 Å². The summed E-state index contributed by atoms with van der Waals surface area (Å²) in [4.78, 5) is 19.2. The summed E-state index contributed by atoms with van der Waals surface area (Å²) in [5.41, 5.74) is 1.42. The van der Waals surface area contributed by atoms with E-state index in [4.69, 9.17) is 4.42 Å². The summed E-state index contributed by atoms with van der Waals surface area (Å²) in [7, 11) is 0. The lowest BCUT2D eigenvalue weighted by Gasteiger charge is -2.08. The van der Waals surface area contributed by atoms with E-state index in [-0.39, 0.29) is 11.5 Å². The maximum Gasteiger partial charge on any atom is 0.254 e. The van der Waals surface area contributed by atoms with Crippen LogP contribution in [0.2, 0.25) is 0 Å². The summed E-state index contributed by atoms with van der Waals surface area (Å²) in [6.07, 6.45) is 0.827. The number of aryl methyl sites for hydroxylation is 2. The summed E-state index contributed by atoms with van der Waals surface area (Å²) < 4.78 is 5.60. The molecule has 2 aromatic rings. The SMILES string of the molecule is CCc1ccc(-c2nc(C)c(C(C)C)c(=O)[nH]2)o1. The van der Waals surface area contributed by atoms with Crippen LogP contribution in [0.1, 0.15) is 43.7 Å². The molecule has 2 rings (SSSR count). The van der Waals surface area contributed by atoms with Crippen molar-refractivity contribution in [2.45, 2.75) is 40.0 Å². The first-order valence-corrected chi connectivity index (χ1v) is 6.22. The van der Waals surface area contributed by atoms with Gasteiger partial charge in [-0.15, -0.1) is 0 Å². The van der Waals surface area contributed by atoms with Gasteiger partial charge in [-0.3, -0.25) is 4.79 Å². The molecule has 0 spiro atoms. The molecule has 0 unspecified atom stereocenters. The molecule has 18 heavy (non-hydrogen) atoms.